The van der Waals surface area contributed by atoms with Gasteiger partial charge in [-0.1, -0.05) is 30.3 Å². The second-order valence-electron chi connectivity index (χ2n) is 5.40. The van der Waals surface area contributed by atoms with Crippen LogP contribution in [0.25, 0.3) is 10.6 Å². The monoisotopic (exact) mass is 354 g/mol. The quantitative estimate of drug-likeness (QED) is 0.713. The minimum atomic E-state index is -0.746. The van der Waals surface area contributed by atoms with E-state index < -0.39 is 6.10 Å². The Morgan fingerprint density at radius 3 is 2.60 bits per heavy atom. The fraction of sp³-hybridized carbons (Fsp3) is 0.158. The van der Waals surface area contributed by atoms with Crippen molar-refractivity contribution in [1.82, 2.24) is 10.3 Å². The van der Waals surface area contributed by atoms with E-state index in [0.717, 1.165) is 21.9 Å². The minimum Gasteiger partial charge on any atom is -0.497 e. The van der Waals surface area contributed by atoms with E-state index in [9.17, 15) is 9.90 Å². The van der Waals surface area contributed by atoms with Crippen molar-refractivity contribution in [3.8, 4) is 16.3 Å². The number of nitrogens with zero attached hydrogens (tertiary/aromatic N) is 1. The fourth-order valence-corrected chi connectivity index (χ4v) is 3.12. The number of methoxy groups -OCH3 is 1. The van der Waals surface area contributed by atoms with Gasteiger partial charge < -0.3 is 15.2 Å². The molecule has 1 aromatic heterocycles. The fourth-order valence-electron chi connectivity index (χ4n) is 2.32. The molecule has 0 fully saturated rings. The average Bonchev–Trinajstić information content (AvgIpc) is 3.17. The number of rotatable bonds is 6. The molecule has 0 spiro atoms. The van der Waals surface area contributed by atoms with E-state index in [1.807, 2.05) is 54.6 Å². The van der Waals surface area contributed by atoms with Crippen molar-refractivity contribution >= 4 is 17.2 Å². The maximum atomic E-state index is 12.2. The maximum absolute atomic E-state index is 12.2. The topological polar surface area (TPSA) is 71.5 Å². The molecule has 0 saturated heterocycles. The predicted molar refractivity (Wildman–Crippen MR) is 97.8 cm³/mol. The summed E-state index contributed by atoms with van der Waals surface area (Å²) >= 11 is 1.40. The Hall–Kier alpha value is -2.70. The van der Waals surface area contributed by atoms with Crippen LogP contribution in [0.15, 0.2) is 60.0 Å². The number of amides is 1. The molecule has 0 aliphatic carbocycles. The lowest BCUT2D eigenvalue weighted by molar-refractivity contribution is 0.0912. The van der Waals surface area contributed by atoms with Crippen molar-refractivity contribution in [3.63, 3.8) is 0 Å². The third kappa shape index (κ3) is 4.23. The minimum absolute atomic E-state index is 0.137. The third-order valence-electron chi connectivity index (χ3n) is 3.71. The number of carbonyl (C=O) groups excluding carboxylic acids is 1. The van der Waals surface area contributed by atoms with Crippen molar-refractivity contribution < 1.29 is 14.6 Å². The number of aromatic nitrogens is 1. The summed E-state index contributed by atoms with van der Waals surface area (Å²) in [5.74, 6) is 0.471. The lowest BCUT2D eigenvalue weighted by atomic mass is 10.1. The molecule has 0 radical (unpaired) electrons. The second kappa shape index (κ2) is 7.92. The van der Waals surface area contributed by atoms with Crippen LogP contribution < -0.4 is 10.1 Å². The number of nitrogens with one attached hydrogen (secondary N) is 1. The molecule has 2 N–H and O–H groups in total. The number of benzene rings is 2. The molecule has 0 bridgehead atoms. The summed E-state index contributed by atoms with van der Waals surface area (Å²) in [6, 6.07) is 16.7. The van der Waals surface area contributed by atoms with Gasteiger partial charge in [0.1, 0.15) is 16.5 Å². The molecule has 0 saturated carbocycles. The standard InChI is InChI=1S/C19H18N2O3S/c1-24-15-9-7-14(8-10-15)19-21-16(12-25-19)18(23)20-11-17(22)13-5-3-2-4-6-13/h2-10,12,17,22H,11H2,1H3,(H,20,23). The van der Waals surface area contributed by atoms with E-state index in [1.54, 1.807) is 12.5 Å². The number of thiazole rings is 1. The van der Waals surface area contributed by atoms with Gasteiger partial charge in [0.25, 0.3) is 5.91 Å². The highest BCUT2D eigenvalue weighted by Gasteiger charge is 2.14. The second-order valence-corrected chi connectivity index (χ2v) is 6.26. The van der Waals surface area contributed by atoms with E-state index >= 15 is 0 Å². The number of aliphatic hydroxyl groups excluding tert-OH is 1. The van der Waals surface area contributed by atoms with Crippen molar-refractivity contribution in [1.29, 1.82) is 0 Å². The summed E-state index contributed by atoms with van der Waals surface area (Å²) in [5, 5.41) is 15.3. The lowest BCUT2D eigenvalue weighted by Gasteiger charge is -2.11. The van der Waals surface area contributed by atoms with Crippen molar-refractivity contribution in [2.75, 3.05) is 13.7 Å². The largest absolute Gasteiger partial charge is 0.497 e. The van der Waals surface area contributed by atoms with E-state index in [-0.39, 0.29) is 12.5 Å². The highest BCUT2D eigenvalue weighted by Crippen LogP contribution is 2.25. The van der Waals surface area contributed by atoms with Gasteiger partial charge in [-0.15, -0.1) is 11.3 Å². The smallest absolute Gasteiger partial charge is 0.270 e. The molecular weight excluding hydrogens is 336 g/mol. The molecule has 6 heteroatoms. The number of carbonyl (C=O) groups is 1. The van der Waals surface area contributed by atoms with Gasteiger partial charge in [-0.3, -0.25) is 4.79 Å². The van der Waals surface area contributed by atoms with Gasteiger partial charge in [0.05, 0.1) is 13.2 Å². The number of hydrogen-bond acceptors (Lipinski definition) is 5. The first-order valence-corrected chi connectivity index (χ1v) is 8.66. The highest BCUT2D eigenvalue weighted by molar-refractivity contribution is 7.13. The molecule has 3 aromatic rings. The first kappa shape index (κ1) is 17.1. The molecule has 25 heavy (non-hydrogen) atoms. The van der Waals surface area contributed by atoms with E-state index in [0.29, 0.717) is 5.69 Å². The summed E-state index contributed by atoms with van der Waals surface area (Å²) in [6.45, 7) is 0.137. The summed E-state index contributed by atoms with van der Waals surface area (Å²) < 4.78 is 5.13. The molecule has 0 aliphatic rings. The molecule has 0 aliphatic heterocycles. The predicted octanol–water partition coefficient (Wildman–Crippen LogP) is 3.28. The van der Waals surface area contributed by atoms with Crippen LogP contribution in [0.2, 0.25) is 0 Å². The first-order valence-electron chi connectivity index (χ1n) is 7.78. The summed E-state index contributed by atoms with van der Waals surface area (Å²) in [6.07, 6.45) is -0.746. The SMILES string of the molecule is COc1ccc(-c2nc(C(=O)NCC(O)c3ccccc3)cs2)cc1. The average molecular weight is 354 g/mol. The number of aliphatic hydroxyl groups is 1. The molecule has 128 valence electrons. The van der Waals surface area contributed by atoms with Crippen LogP contribution in [0, 0.1) is 0 Å². The summed E-state index contributed by atoms with van der Waals surface area (Å²) in [7, 11) is 1.62. The molecule has 5 nitrogen and oxygen atoms in total. The normalized spacial score (nSPS) is 11.8. The zero-order chi connectivity index (χ0) is 17.6. The van der Waals surface area contributed by atoms with E-state index in [4.69, 9.17) is 4.74 Å². The maximum Gasteiger partial charge on any atom is 0.270 e. The van der Waals surface area contributed by atoms with E-state index in [2.05, 4.69) is 10.3 Å². The van der Waals surface area contributed by atoms with Gasteiger partial charge in [0.15, 0.2) is 0 Å². The lowest BCUT2D eigenvalue weighted by Crippen LogP contribution is -2.28. The van der Waals surface area contributed by atoms with Gasteiger partial charge in [0, 0.05) is 17.5 Å². The van der Waals surface area contributed by atoms with Gasteiger partial charge >= 0.3 is 0 Å². The Kier molecular flexibility index (Phi) is 5.42. The molecule has 1 atom stereocenters. The van der Waals surface area contributed by atoms with Crippen molar-refractivity contribution in [2.24, 2.45) is 0 Å². The number of ether oxygens (including phenoxy) is 1. The number of hydrogen-bond donors (Lipinski definition) is 2. The van der Waals surface area contributed by atoms with E-state index in [1.165, 1.54) is 11.3 Å². The molecule has 1 unspecified atom stereocenters. The van der Waals surface area contributed by atoms with Crippen LogP contribution in [0.5, 0.6) is 5.75 Å². The van der Waals surface area contributed by atoms with Crippen LogP contribution in [-0.4, -0.2) is 29.7 Å². The molecule has 3 rings (SSSR count). The summed E-state index contributed by atoms with van der Waals surface area (Å²) in [4.78, 5) is 16.6. The van der Waals surface area contributed by atoms with Gasteiger partial charge in [-0.2, -0.15) is 0 Å². The van der Waals surface area contributed by atoms with Crippen LogP contribution in [-0.2, 0) is 0 Å². The molecular formula is C19H18N2O3S. The van der Waals surface area contributed by atoms with Crippen molar-refractivity contribution in [3.05, 3.63) is 71.2 Å². The summed E-state index contributed by atoms with van der Waals surface area (Å²) in [5.41, 5.74) is 2.03. The Bertz CT molecular complexity index is 831. The van der Waals surface area contributed by atoms with Crippen LogP contribution >= 0.6 is 11.3 Å². The van der Waals surface area contributed by atoms with Gasteiger partial charge in [-0.05, 0) is 29.8 Å². The Morgan fingerprint density at radius 1 is 1.20 bits per heavy atom. The Balaban J connectivity index is 1.62. The molecule has 1 amide bonds. The highest BCUT2D eigenvalue weighted by atomic mass is 32.1. The van der Waals surface area contributed by atoms with Gasteiger partial charge in [-0.25, -0.2) is 4.98 Å². The van der Waals surface area contributed by atoms with Crippen LogP contribution in [0.4, 0.5) is 0 Å². The third-order valence-corrected chi connectivity index (χ3v) is 4.61. The van der Waals surface area contributed by atoms with Crippen LogP contribution in [0.3, 0.4) is 0 Å². The zero-order valence-electron chi connectivity index (χ0n) is 13.7. The zero-order valence-corrected chi connectivity index (χ0v) is 14.5. The van der Waals surface area contributed by atoms with Crippen LogP contribution in [0.1, 0.15) is 22.2 Å². The Labute approximate surface area is 149 Å². The molecule has 1 heterocycles. The molecule has 2 aromatic carbocycles. The first-order chi connectivity index (χ1) is 12.2. The van der Waals surface area contributed by atoms with Crippen molar-refractivity contribution in [2.45, 2.75) is 6.10 Å². The van der Waals surface area contributed by atoms with Gasteiger partial charge in [0.2, 0.25) is 0 Å². The Morgan fingerprint density at radius 2 is 1.92 bits per heavy atom.